The predicted octanol–water partition coefficient (Wildman–Crippen LogP) is 6.33. The molecule has 1 aliphatic heterocycles. The molecule has 1 heterocycles. The van der Waals surface area contributed by atoms with E-state index in [0.29, 0.717) is 13.2 Å². The van der Waals surface area contributed by atoms with Gasteiger partial charge in [-0.3, -0.25) is 0 Å². The summed E-state index contributed by atoms with van der Waals surface area (Å²) in [4.78, 5) is 0. The van der Waals surface area contributed by atoms with Crippen LogP contribution in [0.4, 0.5) is 5.69 Å². The van der Waals surface area contributed by atoms with Crippen LogP contribution in [0.2, 0.25) is 0 Å². The summed E-state index contributed by atoms with van der Waals surface area (Å²) in [7, 11) is 0. The molecule has 1 saturated heterocycles. The highest BCUT2D eigenvalue weighted by atomic mass is 16.5. The van der Waals surface area contributed by atoms with Crippen molar-refractivity contribution < 1.29 is 14.2 Å². The molecule has 3 rings (SSSR count). The highest BCUT2D eigenvalue weighted by Crippen LogP contribution is 2.35. The Kier molecular flexibility index (Phi) is 7.53. The lowest BCUT2D eigenvalue weighted by Crippen LogP contribution is -2.19. The zero-order valence-corrected chi connectivity index (χ0v) is 20.1. The molecule has 31 heavy (non-hydrogen) atoms. The lowest BCUT2D eigenvalue weighted by Gasteiger charge is -2.27. The Bertz CT molecular complexity index is 825. The van der Waals surface area contributed by atoms with Gasteiger partial charge in [0.25, 0.3) is 0 Å². The maximum absolute atomic E-state index is 6.17. The van der Waals surface area contributed by atoms with Crippen LogP contribution in [0, 0.1) is 0 Å². The summed E-state index contributed by atoms with van der Waals surface area (Å²) in [6.45, 7) is 16.3. The Morgan fingerprint density at radius 3 is 2.29 bits per heavy atom. The summed E-state index contributed by atoms with van der Waals surface area (Å²) >= 11 is 0. The maximum atomic E-state index is 6.17. The topological polar surface area (TPSA) is 39.7 Å². The van der Waals surface area contributed by atoms with Crippen LogP contribution in [0.5, 0.6) is 11.5 Å². The van der Waals surface area contributed by atoms with Crippen molar-refractivity contribution in [2.75, 3.05) is 31.7 Å². The molecule has 0 radical (unpaired) electrons. The van der Waals surface area contributed by atoms with Crippen molar-refractivity contribution >= 4 is 5.69 Å². The van der Waals surface area contributed by atoms with Gasteiger partial charge in [-0.05, 0) is 65.1 Å². The van der Waals surface area contributed by atoms with Crippen LogP contribution < -0.4 is 14.8 Å². The molecule has 0 aromatic heterocycles. The minimum absolute atomic E-state index is 0.0311. The molecule has 1 N–H and O–H groups in total. The van der Waals surface area contributed by atoms with Crippen molar-refractivity contribution in [2.45, 2.75) is 71.3 Å². The first-order chi connectivity index (χ1) is 14.6. The van der Waals surface area contributed by atoms with Crippen LogP contribution in [0.25, 0.3) is 0 Å². The third kappa shape index (κ3) is 6.90. The number of rotatable bonds is 8. The van der Waals surface area contributed by atoms with E-state index in [9.17, 15) is 0 Å². The highest BCUT2D eigenvalue weighted by Gasteiger charge is 2.23. The van der Waals surface area contributed by atoms with E-state index in [2.05, 4.69) is 65.1 Å². The molecular weight excluding hydrogens is 386 g/mol. The molecule has 0 amide bonds. The maximum Gasteiger partial charge on any atom is 0.123 e. The molecule has 2 aromatic rings. The average molecular weight is 426 g/mol. The van der Waals surface area contributed by atoms with Crippen molar-refractivity contribution in [3.63, 3.8) is 0 Å². The van der Waals surface area contributed by atoms with Crippen LogP contribution in [0.3, 0.4) is 0 Å². The largest absolute Gasteiger partial charge is 0.491 e. The SMILES string of the molecule is CC(C)(C)c1ccc(OCCNc2ccc(OCC3CCCO3)cc2)c(C(C)(C)C)c1. The molecule has 0 spiro atoms. The van der Waals surface area contributed by atoms with Crippen LogP contribution >= 0.6 is 0 Å². The molecular formula is C27H39NO3. The minimum atomic E-state index is 0.0311. The lowest BCUT2D eigenvalue weighted by atomic mass is 9.80. The van der Waals surface area contributed by atoms with Crippen LogP contribution in [-0.2, 0) is 15.6 Å². The highest BCUT2D eigenvalue weighted by molar-refractivity contribution is 5.46. The fourth-order valence-corrected chi connectivity index (χ4v) is 3.70. The Labute approximate surface area is 188 Å². The summed E-state index contributed by atoms with van der Waals surface area (Å²) in [6, 6.07) is 14.7. The molecule has 2 aromatic carbocycles. The first-order valence-electron chi connectivity index (χ1n) is 11.5. The number of benzene rings is 2. The fourth-order valence-electron chi connectivity index (χ4n) is 3.70. The van der Waals surface area contributed by atoms with Gasteiger partial charge in [0.15, 0.2) is 0 Å². The van der Waals surface area contributed by atoms with Gasteiger partial charge in [-0.1, -0.05) is 53.7 Å². The molecule has 0 aliphatic carbocycles. The number of ether oxygens (including phenoxy) is 3. The molecule has 4 heteroatoms. The second kappa shape index (κ2) is 9.95. The van der Waals surface area contributed by atoms with E-state index >= 15 is 0 Å². The van der Waals surface area contributed by atoms with Crippen molar-refractivity contribution in [3.8, 4) is 11.5 Å². The molecule has 1 atom stereocenters. The summed E-state index contributed by atoms with van der Waals surface area (Å²) in [5.41, 5.74) is 3.81. The quantitative estimate of drug-likeness (QED) is 0.502. The van der Waals surface area contributed by atoms with E-state index in [1.54, 1.807) is 0 Å². The van der Waals surface area contributed by atoms with E-state index in [0.717, 1.165) is 43.2 Å². The second-order valence-corrected chi connectivity index (χ2v) is 10.5. The van der Waals surface area contributed by atoms with E-state index in [1.165, 1.54) is 11.1 Å². The Hall–Kier alpha value is -2.20. The standard InChI is InChI=1S/C27H39NO3/c1-26(2,3)20-9-14-25(24(18-20)27(4,5)6)30-17-15-28-21-10-12-22(13-11-21)31-19-23-8-7-16-29-23/h9-14,18,23,28H,7-8,15-17,19H2,1-6H3. The van der Waals surface area contributed by atoms with Crippen molar-refractivity contribution in [3.05, 3.63) is 53.6 Å². The van der Waals surface area contributed by atoms with E-state index in [-0.39, 0.29) is 16.9 Å². The number of anilines is 1. The summed E-state index contributed by atoms with van der Waals surface area (Å²) in [6.07, 6.45) is 2.47. The zero-order valence-electron chi connectivity index (χ0n) is 20.1. The molecule has 0 bridgehead atoms. The van der Waals surface area contributed by atoms with E-state index < -0.39 is 0 Å². The van der Waals surface area contributed by atoms with Gasteiger partial charge < -0.3 is 19.5 Å². The van der Waals surface area contributed by atoms with Crippen LogP contribution in [0.15, 0.2) is 42.5 Å². The van der Waals surface area contributed by atoms with Gasteiger partial charge in [-0.25, -0.2) is 0 Å². The zero-order chi connectivity index (χ0) is 22.5. The van der Waals surface area contributed by atoms with Gasteiger partial charge in [0.05, 0.1) is 6.10 Å². The molecule has 0 saturated carbocycles. The van der Waals surface area contributed by atoms with Crippen molar-refractivity contribution in [1.29, 1.82) is 0 Å². The van der Waals surface area contributed by atoms with Gasteiger partial charge in [0.1, 0.15) is 24.7 Å². The van der Waals surface area contributed by atoms with Crippen LogP contribution in [-0.4, -0.2) is 32.5 Å². The molecule has 4 nitrogen and oxygen atoms in total. The Balaban J connectivity index is 1.50. The van der Waals surface area contributed by atoms with E-state index in [1.807, 2.05) is 24.3 Å². The number of nitrogens with one attached hydrogen (secondary N) is 1. The van der Waals surface area contributed by atoms with E-state index in [4.69, 9.17) is 14.2 Å². The molecule has 1 fully saturated rings. The lowest BCUT2D eigenvalue weighted by molar-refractivity contribution is 0.0679. The summed E-state index contributed by atoms with van der Waals surface area (Å²) in [5, 5.41) is 3.43. The predicted molar refractivity (Wildman–Crippen MR) is 129 cm³/mol. The fraction of sp³-hybridized carbons (Fsp3) is 0.556. The van der Waals surface area contributed by atoms with Gasteiger partial charge in [0.2, 0.25) is 0 Å². The third-order valence-corrected chi connectivity index (χ3v) is 5.66. The first kappa shape index (κ1) is 23.5. The Morgan fingerprint density at radius 2 is 1.68 bits per heavy atom. The monoisotopic (exact) mass is 425 g/mol. The minimum Gasteiger partial charge on any atom is -0.491 e. The van der Waals surface area contributed by atoms with Crippen LogP contribution in [0.1, 0.15) is 65.5 Å². The number of hydrogen-bond donors (Lipinski definition) is 1. The normalized spacial score (nSPS) is 16.9. The first-order valence-corrected chi connectivity index (χ1v) is 11.5. The molecule has 1 unspecified atom stereocenters. The Morgan fingerprint density at radius 1 is 0.935 bits per heavy atom. The van der Waals surface area contributed by atoms with Gasteiger partial charge in [-0.2, -0.15) is 0 Å². The second-order valence-electron chi connectivity index (χ2n) is 10.5. The summed E-state index contributed by atoms with van der Waals surface area (Å²) in [5.74, 6) is 1.85. The van der Waals surface area contributed by atoms with Gasteiger partial charge in [0, 0.05) is 18.8 Å². The third-order valence-electron chi connectivity index (χ3n) is 5.66. The van der Waals surface area contributed by atoms with Crippen molar-refractivity contribution in [1.82, 2.24) is 0 Å². The van der Waals surface area contributed by atoms with Crippen molar-refractivity contribution in [2.24, 2.45) is 0 Å². The van der Waals surface area contributed by atoms with Gasteiger partial charge >= 0.3 is 0 Å². The molecule has 1 aliphatic rings. The smallest absolute Gasteiger partial charge is 0.123 e. The molecule has 170 valence electrons. The van der Waals surface area contributed by atoms with Gasteiger partial charge in [-0.15, -0.1) is 0 Å². The number of hydrogen-bond acceptors (Lipinski definition) is 4. The summed E-state index contributed by atoms with van der Waals surface area (Å²) < 4.78 is 17.6. The average Bonchev–Trinajstić information content (AvgIpc) is 3.23.